The van der Waals surface area contributed by atoms with Crippen molar-refractivity contribution in [3.05, 3.63) is 23.9 Å². The Morgan fingerprint density at radius 3 is 2.83 bits per heavy atom. The Bertz CT molecular complexity index is 416. The largest absolute Gasteiger partial charge is 0.358 e. The molecule has 1 aliphatic heterocycles. The van der Waals surface area contributed by atoms with Gasteiger partial charge in [0.2, 0.25) is 0 Å². The van der Waals surface area contributed by atoms with E-state index in [1.165, 1.54) is 19.4 Å². The van der Waals surface area contributed by atoms with Gasteiger partial charge in [0, 0.05) is 31.4 Å². The maximum Gasteiger partial charge on any atom is 0.161 e. The highest BCUT2D eigenvalue weighted by Gasteiger charge is 2.22. The maximum atomic E-state index is 11.2. The highest BCUT2D eigenvalue weighted by molar-refractivity contribution is 5.93. The van der Waals surface area contributed by atoms with Gasteiger partial charge in [-0.25, -0.2) is 4.98 Å². The summed E-state index contributed by atoms with van der Waals surface area (Å²) >= 11 is 0. The molecule has 1 aromatic heterocycles. The van der Waals surface area contributed by atoms with Crippen molar-refractivity contribution in [2.75, 3.05) is 32.1 Å². The Hall–Kier alpha value is -1.42. The van der Waals surface area contributed by atoms with Gasteiger partial charge in [-0.15, -0.1) is 0 Å². The van der Waals surface area contributed by atoms with Gasteiger partial charge < -0.3 is 9.80 Å². The normalized spacial score (nSPS) is 20.1. The maximum absolute atomic E-state index is 11.2. The van der Waals surface area contributed by atoms with Crippen LogP contribution in [-0.4, -0.2) is 48.9 Å². The molecule has 1 saturated heterocycles. The predicted octanol–water partition coefficient (Wildman–Crippen LogP) is 1.81. The summed E-state index contributed by atoms with van der Waals surface area (Å²) in [6.07, 6.45) is 4.20. The second-order valence-electron chi connectivity index (χ2n) is 5.12. The third-order valence-electron chi connectivity index (χ3n) is 3.70. The monoisotopic (exact) mass is 247 g/mol. The summed E-state index contributed by atoms with van der Waals surface area (Å²) in [5.74, 6) is 0.993. The molecule has 1 atom stereocenters. The van der Waals surface area contributed by atoms with Crippen LogP contribution in [0.25, 0.3) is 0 Å². The SMILES string of the molecule is CC(=O)c1ccc(N(C)CC2CCCN2C)nc1. The molecule has 1 unspecified atom stereocenters. The van der Waals surface area contributed by atoms with Crippen LogP contribution in [0, 0.1) is 0 Å². The number of carbonyl (C=O) groups is 1. The van der Waals surface area contributed by atoms with Crippen LogP contribution < -0.4 is 4.90 Å². The molecule has 0 N–H and O–H groups in total. The zero-order valence-corrected chi connectivity index (χ0v) is 11.4. The minimum atomic E-state index is 0.0622. The summed E-state index contributed by atoms with van der Waals surface area (Å²) in [4.78, 5) is 20.1. The number of hydrogen-bond acceptors (Lipinski definition) is 4. The number of anilines is 1. The van der Waals surface area contributed by atoms with Crippen LogP contribution in [0.1, 0.15) is 30.1 Å². The molecule has 1 aromatic rings. The standard InChI is InChI=1S/C14H21N3O/c1-11(18)12-6-7-14(15-9-12)17(3)10-13-5-4-8-16(13)2/h6-7,9,13H,4-5,8,10H2,1-3H3. The van der Waals surface area contributed by atoms with E-state index in [0.717, 1.165) is 12.4 Å². The van der Waals surface area contributed by atoms with Crippen LogP contribution in [0.5, 0.6) is 0 Å². The average Bonchev–Trinajstić information content (AvgIpc) is 2.75. The molecule has 18 heavy (non-hydrogen) atoms. The van der Waals surface area contributed by atoms with Gasteiger partial charge in [-0.05, 0) is 45.5 Å². The molecule has 2 heterocycles. The summed E-state index contributed by atoms with van der Waals surface area (Å²) in [5, 5.41) is 0. The van der Waals surface area contributed by atoms with Crippen LogP contribution in [0.3, 0.4) is 0 Å². The number of likely N-dealkylation sites (N-methyl/N-ethyl adjacent to an activating group) is 2. The average molecular weight is 247 g/mol. The molecule has 2 rings (SSSR count). The lowest BCUT2D eigenvalue weighted by atomic mass is 10.2. The highest BCUT2D eigenvalue weighted by Crippen LogP contribution is 2.18. The van der Waals surface area contributed by atoms with Crippen molar-refractivity contribution in [2.24, 2.45) is 0 Å². The van der Waals surface area contributed by atoms with Gasteiger partial charge in [0.05, 0.1) is 0 Å². The van der Waals surface area contributed by atoms with Gasteiger partial charge in [0.1, 0.15) is 5.82 Å². The summed E-state index contributed by atoms with van der Waals surface area (Å²) in [6.45, 7) is 3.74. The van der Waals surface area contributed by atoms with Crippen molar-refractivity contribution >= 4 is 11.6 Å². The van der Waals surface area contributed by atoms with Crippen molar-refractivity contribution in [1.29, 1.82) is 0 Å². The van der Waals surface area contributed by atoms with Gasteiger partial charge in [0.15, 0.2) is 5.78 Å². The Morgan fingerprint density at radius 2 is 2.33 bits per heavy atom. The quantitative estimate of drug-likeness (QED) is 0.760. The lowest BCUT2D eigenvalue weighted by Gasteiger charge is -2.26. The molecular formula is C14H21N3O. The summed E-state index contributed by atoms with van der Waals surface area (Å²) in [5.41, 5.74) is 0.671. The first kappa shape index (κ1) is 13.0. The molecule has 0 radical (unpaired) electrons. The number of ketones is 1. The van der Waals surface area contributed by atoms with Gasteiger partial charge in [-0.1, -0.05) is 0 Å². The number of Topliss-reactive ketones (excluding diaryl/α,β-unsaturated/α-hetero) is 1. The van der Waals surface area contributed by atoms with E-state index in [-0.39, 0.29) is 5.78 Å². The van der Waals surface area contributed by atoms with E-state index < -0.39 is 0 Å². The van der Waals surface area contributed by atoms with Crippen LogP contribution >= 0.6 is 0 Å². The number of aromatic nitrogens is 1. The second kappa shape index (κ2) is 5.48. The molecule has 1 aliphatic rings. The molecule has 0 bridgehead atoms. The minimum absolute atomic E-state index is 0.0622. The molecule has 0 saturated carbocycles. The van der Waals surface area contributed by atoms with Crippen LogP contribution in [0.15, 0.2) is 18.3 Å². The zero-order chi connectivity index (χ0) is 13.1. The Kier molecular flexibility index (Phi) is 3.97. The first-order chi connectivity index (χ1) is 8.58. The minimum Gasteiger partial charge on any atom is -0.358 e. The molecule has 98 valence electrons. The number of carbonyl (C=O) groups excluding carboxylic acids is 1. The van der Waals surface area contributed by atoms with Crippen molar-refractivity contribution in [3.8, 4) is 0 Å². The second-order valence-corrected chi connectivity index (χ2v) is 5.12. The van der Waals surface area contributed by atoms with E-state index in [0.29, 0.717) is 11.6 Å². The summed E-state index contributed by atoms with van der Waals surface area (Å²) in [6, 6.07) is 4.38. The van der Waals surface area contributed by atoms with Gasteiger partial charge in [-0.3, -0.25) is 4.79 Å². The molecule has 0 aliphatic carbocycles. The smallest absolute Gasteiger partial charge is 0.161 e. The summed E-state index contributed by atoms with van der Waals surface area (Å²) in [7, 11) is 4.24. The van der Waals surface area contributed by atoms with E-state index in [9.17, 15) is 4.79 Å². The van der Waals surface area contributed by atoms with Crippen molar-refractivity contribution in [3.63, 3.8) is 0 Å². The Labute approximate surface area is 109 Å². The number of hydrogen-bond donors (Lipinski definition) is 0. The van der Waals surface area contributed by atoms with Crippen LogP contribution in [-0.2, 0) is 0 Å². The van der Waals surface area contributed by atoms with E-state index in [2.05, 4.69) is 28.9 Å². The Morgan fingerprint density at radius 1 is 1.56 bits per heavy atom. The topological polar surface area (TPSA) is 36.4 Å². The summed E-state index contributed by atoms with van der Waals surface area (Å²) < 4.78 is 0. The van der Waals surface area contributed by atoms with Crippen molar-refractivity contribution < 1.29 is 4.79 Å². The van der Waals surface area contributed by atoms with Gasteiger partial charge in [-0.2, -0.15) is 0 Å². The van der Waals surface area contributed by atoms with E-state index in [1.54, 1.807) is 13.1 Å². The van der Waals surface area contributed by atoms with Crippen LogP contribution in [0.4, 0.5) is 5.82 Å². The van der Waals surface area contributed by atoms with Crippen LogP contribution in [0.2, 0.25) is 0 Å². The fourth-order valence-corrected chi connectivity index (χ4v) is 2.44. The molecule has 4 nitrogen and oxygen atoms in total. The molecule has 0 spiro atoms. The fraction of sp³-hybridized carbons (Fsp3) is 0.571. The Balaban J connectivity index is 2.00. The molecule has 1 fully saturated rings. The number of likely N-dealkylation sites (tertiary alicyclic amines) is 1. The molecule has 4 heteroatoms. The zero-order valence-electron chi connectivity index (χ0n) is 11.4. The molecule has 0 amide bonds. The van der Waals surface area contributed by atoms with Crippen molar-refractivity contribution in [2.45, 2.75) is 25.8 Å². The van der Waals surface area contributed by atoms with Gasteiger partial charge >= 0.3 is 0 Å². The lowest BCUT2D eigenvalue weighted by Crippen LogP contribution is -2.36. The van der Waals surface area contributed by atoms with E-state index in [4.69, 9.17) is 0 Å². The third kappa shape index (κ3) is 2.88. The third-order valence-corrected chi connectivity index (χ3v) is 3.70. The first-order valence-electron chi connectivity index (χ1n) is 6.46. The van der Waals surface area contributed by atoms with E-state index in [1.807, 2.05) is 12.1 Å². The highest BCUT2D eigenvalue weighted by atomic mass is 16.1. The molecule has 0 aromatic carbocycles. The lowest BCUT2D eigenvalue weighted by molar-refractivity contribution is 0.101. The van der Waals surface area contributed by atoms with Crippen molar-refractivity contribution in [1.82, 2.24) is 9.88 Å². The van der Waals surface area contributed by atoms with E-state index >= 15 is 0 Å². The fourth-order valence-electron chi connectivity index (χ4n) is 2.44. The molecular weight excluding hydrogens is 226 g/mol. The number of rotatable bonds is 4. The van der Waals surface area contributed by atoms with Gasteiger partial charge in [0.25, 0.3) is 0 Å². The number of pyridine rings is 1. The predicted molar refractivity (Wildman–Crippen MR) is 73.2 cm³/mol. The first-order valence-corrected chi connectivity index (χ1v) is 6.46. The number of nitrogens with zero attached hydrogens (tertiary/aromatic N) is 3.